The Morgan fingerprint density at radius 1 is 1.11 bits per heavy atom. The van der Waals surface area contributed by atoms with Crippen molar-refractivity contribution in [3.8, 4) is 11.8 Å². The lowest BCUT2D eigenvalue weighted by molar-refractivity contribution is -0.137. The predicted octanol–water partition coefficient (Wildman–Crippen LogP) is 3.01. The van der Waals surface area contributed by atoms with E-state index in [-0.39, 0.29) is 17.4 Å². The van der Waals surface area contributed by atoms with Crippen LogP contribution in [0.25, 0.3) is 0 Å². The molecule has 0 amide bonds. The smallest absolute Gasteiger partial charge is 0.416 e. The summed E-state index contributed by atoms with van der Waals surface area (Å²) in [7, 11) is 0. The SMILES string of the molecule is Nc1cc(C(F)(F)F)ccc1Oc1ncc(F)cn1. The lowest BCUT2D eigenvalue weighted by Gasteiger charge is -2.10. The van der Waals surface area contributed by atoms with Crippen LogP contribution in [0.5, 0.6) is 11.8 Å². The lowest BCUT2D eigenvalue weighted by Crippen LogP contribution is -2.06. The summed E-state index contributed by atoms with van der Waals surface area (Å²) in [5, 5.41) is 0. The number of halogens is 4. The molecule has 0 unspecified atom stereocenters. The second-order valence-electron chi connectivity index (χ2n) is 3.54. The van der Waals surface area contributed by atoms with Crippen molar-refractivity contribution in [3.63, 3.8) is 0 Å². The number of ether oxygens (including phenoxy) is 1. The highest BCUT2D eigenvalue weighted by atomic mass is 19.4. The molecule has 0 fully saturated rings. The van der Waals surface area contributed by atoms with Crippen molar-refractivity contribution < 1.29 is 22.3 Å². The molecule has 0 atom stereocenters. The van der Waals surface area contributed by atoms with Crippen LogP contribution >= 0.6 is 0 Å². The number of benzene rings is 1. The van der Waals surface area contributed by atoms with Gasteiger partial charge in [-0.3, -0.25) is 0 Å². The molecular weight excluding hydrogens is 266 g/mol. The van der Waals surface area contributed by atoms with Crippen LogP contribution in [-0.4, -0.2) is 9.97 Å². The second kappa shape index (κ2) is 4.71. The maximum absolute atomic E-state index is 12.6. The van der Waals surface area contributed by atoms with Gasteiger partial charge in [-0.25, -0.2) is 14.4 Å². The van der Waals surface area contributed by atoms with Gasteiger partial charge in [-0.15, -0.1) is 0 Å². The Balaban J connectivity index is 2.24. The van der Waals surface area contributed by atoms with Crippen LogP contribution in [0.3, 0.4) is 0 Å². The fraction of sp³-hybridized carbons (Fsp3) is 0.0909. The first kappa shape index (κ1) is 13.1. The van der Waals surface area contributed by atoms with Crippen molar-refractivity contribution in [2.75, 3.05) is 5.73 Å². The van der Waals surface area contributed by atoms with E-state index in [1.165, 1.54) is 0 Å². The number of anilines is 1. The molecule has 0 aliphatic heterocycles. The van der Waals surface area contributed by atoms with Gasteiger partial charge in [-0.2, -0.15) is 13.2 Å². The van der Waals surface area contributed by atoms with Crippen LogP contribution in [0.4, 0.5) is 23.2 Å². The van der Waals surface area contributed by atoms with Crippen LogP contribution in [0, 0.1) is 5.82 Å². The molecule has 19 heavy (non-hydrogen) atoms. The maximum atomic E-state index is 12.6. The average Bonchev–Trinajstić information content (AvgIpc) is 2.33. The van der Waals surface area contributed by atoms with Gasteiger partial charge in [-0.05, 0) is 18.2 Å². The van der Waals surface area contributed by atoms with E-state index >= 15 is 0 Å². The van der Waals surface area contributed by atoms with Crippen LogP contribution in [0.1, 0.15) is 5.56 Å². The Bertz CT molecular complexity index is 583. The number of hydrogen-bond donors (Lipinski definition) is 1. The molecule has 0 aliphatic carbocycles. The Morgan fingerprint density at radius 3 is 2.26 bits per heavy atom. The molecule has 2 aromatic rings. The van der Waals surface area contributed by atoms with E-state index in [9.17, 15) is 17.6 Å². The van der Waals surface area contributed by atoms with Crippen molar-refractivity contribution in [3.05, 3.63) is 42.0 Å². The van der Waals surface area contributed by atoms with E-state index in [0.29, 0.717) is 0 Å². The third kappa shape index (κ3) is 3.09. The van der Waals surface area contributed by atoms with Gasteiger partial charge in [0.2, 0.25) is 0 Å². The second-order valence-corrected chi connectivity index (χ2v) is 3.54. The van der Waals surface area contributed by atoms with Gasteiger partial charge in [-0.1, -0.05) is 0 Å². The average molecular weight is 273 g/mol. The van der Waals surface area contributed by atoms with Gasteiger partial charge in [0.1, 0.15) is 0 Å². The van der Waals surface area contributed by atoms with E-state index < -0.39 is 17.6 Å². The van der Waals surface area contributed by atoms with E-state index in [1.807, 2.05) is 0 Å². The number of aromatic nitrogens is 2. The third-order valence-electron chi connectivity index (χ3n) is 2.13. The first-order valence-corrected chi connectivity index (χ1v) is 4.98. The topological polar surface area (TPSA) is 61.0 Å². The van der Waals surface area contributed by atoms with Crippen LogP contribution in [0.2, 0.25) is 0 Å². The molecule has 0 aliphatic rings. The number of rotatable bonds is 2. The summed E-state index contributed by atoms with van der Waals surface area (Å²) >= 11 is 0. The molecule has 0 spiro atoms. The molecule has 2 rings (SSSR count). The number of nitrogen functional groups attached to an aromatic ring is 1. The quantitative estimate of drug-likeness (QED) is 0.675. The zero-order valence-electron chi connectivity index (χ0n) is 9.28. The minimum atomic E-state index is -4.49. The molecule has 0 bridgehead atoms. The number of nitrogens with zero attached hydrogens (tertiary/aromatic N) is 2. The summed E-state index contributed by atoms with van der Waals surface area (Å²) < 4.78 is 54.8. The van der Waals surface area contributed by atoms with Gasteiger partial charge < -0.3 is 10.5 Å². The lowest BCUT2D eigenvalue weighted by atomic mass is 10.2. The van der Waals surface area contributed by atoms with Crippen molar-refractivity contribution in [2.24, 2.45) is 0 Å². The summed E-state index contributed by atoms with van der Waals surface area (Å²) in [5.74, 6) is -0.702. The zero-order valence-corrected chi connectivity index (χ0v) is 9.28. The third-order valence-corrected chi connectivity index (χ3v) is 2.13. The van der Waals surface area contributed by atoms with E-state index in [4.69, 9.17) is 10.5 Å². The molecule has 1 heterocycles. The first-order chi connectivity index (χ1) is 8.86. The summed E-state index contributed by atoms with van der Waals surface area (Å²) in [6, 6.07) is 2.38. The summed E-state index contributed by atoms with van der Waals surface area (Å²) in [6.45, 7) is 0. The normalized spacial score (nSPS) is 11.4. The molecule has 0 saturated carbocycles. The Kier molecular flexibility index (Phi) is 3.24. The molecule has 1 aromatic heterocycles. The summed E-state index contributed by atoms with van der Waals surface area (Å²) in [4.78, 5) is 7.00. The monoisotopic (exact) mass is 273 g/mol. The summed E-state index contributed by atoms with van der Waals surface area (Å²) in [5.41, 5.74) is 4.33. The Labute approximate surface area is 104 Å². The zero-order chi connectivity index (χ0) is 14.0. The molecule has 2 N–H and O–H groups in total. The fourth-order valence-corrected chi connectivity index (χ4v) is 1.27. The van der Waals surface area contributed by atoms with Crippen molar-refractivity contribution >= 4 is 5.69 Å². The number of alkyl halides is 3. The largest absolute Gasteiger partial charge is 0.422 e. The van der Waals surface area contributed by atoms with Crippen molar-refractivity contribution in [1.29, 1.82) is 0 Å². The number of nitrogens with two attached hydrogens (primary N) is 1. The van der Waals surface area contributed by atoms with Crippen molar-refractivity contribution in [1.82, 2.24) is 9.97 Å². The standard InChI is InChI=1S/C11H7F4N3O/c12-7-4-17-10(18-5-7)19-9-2-1-6(3-8(9)16)11(13,14)15/h1-5H,16H2. The highest BCUT2D eigenvalue weighted by Gasteiger charge is 2.31. The summed E-state index contributed by atoms with van der Waals surface area (Å²) in [6.07, 6.45) is -2.76. The predicted molar refractivity (Wildman–Crippen MR) is 57.9 cm³/mol. The van der Waals surface area contributed by atoms with Crippen LogP contribution < -0.4 is 10.5 Å². The molecule has 4 nitrogen and oxygen atoms in total. The molecular formula is C11H7F4N3O. The highest BCUT2D eigenvalue weighted by molar-refractivity contribution is 5.55. The molecule has 100 valence electrons. The first-order valence-electron chi connectivity index (χ1n) is 4.98. The molecule has 8 heteroatoms. The van der Waals surface area contributed by atoms with Gasteiger partial charge in [0.15, 0.2) is 11.6 Å². The highest BCUT2D eigenvalue weighted by Crippen LogP contribution is 2.34. The Morgan fingerprint density at radius 2 is 1.74 bits per heavy atom. The minimum absolute atomic E-state index is 0.0420. The minimum Gasteiger partial charge on any atom is -0.422 e. The van der Waals surface area contributed by atoms with E-state index in [1.54, 1.807) is 0 Å². The van der Waals surface area contributed by atoms with Gasteiger partial charge in [0.05, 0.1) is 23.6 Å². The van der Waals surface area contributed by atoms with Crippen LogP contribution in [0.15, 0.2) is 30.6 Å². The van der Waals surface area contributed by atoms with Gasteiger partial charge in [0.25, 0.3) is 0 Å². The van der Waals surface area contributed by atoms with Crippen molar-refractivity contribution in [2.45, 2.75) is 6.18 Å². The van der Waals surface area contributed by atoms with Crippen LogP contribution in [-0.2, 0) is 6.18 Å². The molecule has 0 radical (unpaired) electrons. The molecule has 0 saturated heterocycles. The van der Waals surface area contributed by atoms with E-state index in [0.717, 1.165) is 30.6 Å². The maximum Gasteiger partial charge on any atom is 0.416 e. The number of hydrogen-bond acceptors (Lipinski definition) is 4. The Hall–Kier alpha value is -2.38. The van der Waals surface area contributed by atoms with Gasteiger partial charge in [0, 0.05) is 0 Å². The fourth-order valence-electron chi connectivity index (χ4n) is 1.27. The molecule has 1 aromatic carbocycles. The van der Waals surface area contributed by atoms with Gasteiger partial charge >= 0.3 is 12.2 Å². The van der Waals surface area contributed by atoms with E-state index in [2.05, 4.69) is 9.97 Å².